The van der Waals surface area contributed by atoms with Crippen LogP contribution in [0.1, 0.15) is 0 Å². The van der Waals surface area contributed by atoms with Gasteiger partial charge in [0.15, 0.2) is 0 Å². The molecule has 4 heterocycles. The number of rotatable bonds is 2. The Morgan fingerprint density at radius 1 is 0.500 bits per heavy atom. The van der Waals surface area contributed by atoms with E-state index >= 15 is 0 Å². The molecule has 150 valence electrons. The molecule has 7 aromatic rings. The first kappa shape index (κ1) is 17.9. The molecule has 4 nitrogen and oxygen atoms in total. The minimum absolute atomic E-state index is 0.922. The van der Waals surface area contributed by atoms with E-state index in [2.05, 4.69) is 68.5 Å². The Hall–Kier alpha value is -3.74. The van der Waals surface area contributed by atoms with Crippen molar-refractivity contribution in [2.75, 3.05) is 0 Å². The van der Waals surface area contributed by atoms with Crippen LogP contribution in [-0.4, -0.2) is 19.9 Å². The summed E-state index contributed by atoms with van der Waals surface area (Å²) in [5.74, 6) is 0. The summed E-state index contributed by atoms with van der Waals surface area (Å²) in [4.78, 5) is 20.5. The van der Waals surface area contributed by atoms with Gasteiger partial charge in [-0.3, -0.25) is 19.9 Å². The Labute approximate surface area is 190 Å². The van der Waals surface area contributed by atoms with Crippen LogP contribution in [0, 0.1) is 0 Å². The maximum atomic E-state index is 4.58. The molecule has 0 bridgehead atoms. The van der Waals surface area contributed by atoms with Gasteiger partial charge >= 0.3 is 0 Å². The van der Waals surface area contributed by atoms with E-state index in [1.54, 1.807) is 47.5 Å². The van der Waals surface area contributed by atoms with E-state index in [1.165, 1.54) is 29.9 Å². The van der Waals surface area contributed by atoms with Crippen molar-refractivity contribution >= 4 is 64.9 Å². The van der Waals surface area contributed by atoms with Gasteiger partial charge in [-0.1, -0.05) is 24.3 Å². The van der Waals surface area contributed by atoms with Crippen molar-refractivity contribution in [3.8, 4) is 20.9 Å². The highest BCUT2D eigenvalue weighted by molar-refractivity contribution is 7.24. The molecule has 0 spiro atoms. The number of aromatic nitrogens is 4. The predicted molar refractivity (Wildman–Crippen MR) is 134 cm³/mol. The smallest absolute Gasteiger partial charge is 0.0973 e. The molecule has 3 aromatic carbocycles. The van der Waals surface area contributed by atoms with Gasteiger partial charge in [0.1, 0.15) is 0 Å². The van der Waals surface area contributed by atoms with E-state index in [-0.39, 0.29) is 0 Å². The summed E-state index contributed by atoms with van der Waals surface area (Å²) in [7, 11) is 0. The minimum atomic E-state index is 0.922. The molecule has 32 heavy (non-hydrogen) atoms. The molecule has 6 heteroatoms. The molecule has 4 aromatic heterocycles. The molecule has 0 aliphatic rings. The van der Waals surface area contributed by atoms with E-state index in [1.807, 2.05) is 12.1 Å². The van der Waals surface area contributed by atoms with Gasteiger partial charge in [0.2, 0.25) is 0 Å². The SMILES string of the molecule is c1cc(-c2cc3cc4sc(-c5cccc6nccnc56)cc4cc3s2)c2nccnc2c1. The fourth-order valence-electron chi connectivity index (χ4n) is 4.22. The first-order valence-corrected chi connectivity index (χ1v) is 11.8. The van der Waals surface area contributed by atoms with Gasteiger partial charge in [-0.05, 0) is 47.2 Å². The van der Waals surface area contributed by atoms with Gasteiger partial charge in [-0.15, -0.1) is 22.7 Å². The first-order valence-electron chi connectivity index (χ1n) is 10.2. The molecule has 0 radical (unpaired) electrons. The standard InChI is InChI=1S/C26H14N4S2/c1-3-17(25-19(5-1)27-7-9-29-25)23-13-15-11-22-16(12-21(15)31-23)14-24(32-22)18-4-2-6-20-26(18)30-10-8-28-20/h1-14H. The van der Waals surface area contributed by atoms with Crippen LogP contribution in [0.2, 0.25) is 0 Å². The zero-order valence-electron chi connectivity index (χ0n) is 16.7. The molecule has 0 aliphatic carbocycles. The first-order chi connectivity index (χ1) is 15.8. The van der Waals surface area contributed by atoms with Crippen LogP contribution in [-0.2, 0) is 0 Å². The Bertz CT molecular complexity index is 1610. The second-order valence-corrected chi connectivity index (χ2v) is 9.78. The van der Waals surface area contributed by atoms with Gasteiger partial charge in [-0.25, -0.2) is 0 Å². The van der Waals surface area contributed by atoms with Gasteiger partial charge in [0, 0.05) is 55.1 Å². The molecule has 0 saturated heterocycles. The Balaban J connectivity index is 1.39. The summed E-state index contributed by atoms with van der Waals surface area (Å²) >= 11 is 3.60. The number of fused-ring (bicyclic) bond motifs is 4. The summed E-state index contributed by atoms with van der Waals surface area (Å²) in [6.45, 7) is 0. The lowest BCUT2D eigenvalue weighted by atomic mass is 10.1. The number of hydrogen-bond acceptors (Lipinski definition) is 6. The van der Waals surface area contributed by atoms with Gasteiger partial charge < -0.3 is 0 Å². The lowest BCUT2D eigenvalue weighted by Gasteiger charge is -2.01. The fraction of sp³-hybridized carbons (Fsp3) is 0. The highest BCUT2D eigenvalue weighted by Gasteiger charge is 2.13. The fourth-order valence-corrected chi connectivity index (χ4v) is 6.46. The molecule has 0 fully saturated rings. The topological polar surface area (TPSA) is 51.6 Å². The average molecular weight is 447 g/mol. The van der Waals surface area contributed by atoms with E-state index < -0.39 is 0 Å². The van der Waals surface area contributed by atoms with E-state index in [9.17, 15) is 0 Å². The number of nitrogens with zero attached hydrogens (tertiary/aromatic N) is 4. The van der Waals surface area contributed by atoms with E-state index in [4.69, 9.17) is 0 Å². The molecule has 7 rings (SSSR count). The van der Waals surface area contributed by atoms with Crippen molar-refractivity contribution in [2.45, 2.75) is 0 Å². The number of para-hydroxylation sites is 2. The maximum Gasteiger partial charge on any atom is 0.0973 e. The van der Waals surface area contributed by atoms with Crippen LogP contribution in [0.3, 0.4) is 0 Å². The van der Waals surface area contributed by atoms with Crippen molar-refractivity contribution < 1.29 is 0 Å². The molecule has 0 atom stereocenters. The zero-order valence-corrected chi connectivity index (χ0v) is 18.3. The van der Waals surface area contributed by atoms with Crippen LogP contribution in [0.15, 0.2) is 85.5 Å². The summed E-state index contributed by atoms with van der Waals surface area (Å²) < 4.78 is 2.55. The molecule has 0 N–H and O–H groups in total. The summed E-state index contributed by atoms with van der Waals surface area (Å²) in [5, 5.41) is 2.51. The van der Waals surface area contributed by atoms with Crippen LogP contribution in [0.4, 0.5) is 0 Å². The van der Waals surface area contributed by atoms with Gasteiger partial charge in [0.05, 0.1) is 22.1 Å². The quantitative estimate of drug-likeness (QED) is 0.279. The number of hydrogen-bond donors (Lipinski definition) is 0. The average Bonchev–Trinajstić information content (AvgIpc) is 3.44. The van der Waals surface area contributed by atoms with E-state index in [0.717, 1.165) is 33.2 Å². The Morgan fingerprint density at radius 2 is 0.969 bits per heavy atom. The highest BCUT2D eigenvalue weighted by Crippen LogP contribution is 2.42. The Morgan fingerprint density at radius 3 is 1.47 bits per heavy atom. The number of thiophene rings is 2. The van der Waals surface area contributed by atoms with Crippen molar-refractivity contribution in [1.82, 2.24) is 19.9 Å². The monoisotopic (exact) mass is 446 g/mol. The summed E-state index contributed by atoms with van der Waals surface area (Å²) in [6, 6.07) is 21.5. The van der Waals surface area contributed by atoms with Crippen LogP contribution in [0.5, 0.6) is 0 Å². The molecule has 0 saturated carbocycles. The minimum Gasteiger partial charge on any atom is -0.253 e. The lowest BCUT2D eigenvalue weighted by Crippen LogP contribution is -1.84. The van der Waals surface area contributed by atoms with Gasteiger partial charge in [0.25, 0.3) is 0 Å². The van der Waals surface area contributed by atoms with Crippen LogP contribution in [0.25, 0.3) is 63.1 Å². The van der Waals surface area contributed by atoms with Crippen molar-refractivity contribution in [3.05, 3.63) is 85.5 Å². The number of benzene rings is 3. The maximum absolute atomic E-state index is 4.58. The lowest BCUT2D eigenvalue weighted by molar-refractivity contribution is 1.30. The summed E-state index contributed by atoms with van der Waals surface area (Å²) in [6.07, 6.45) is 7.00. The highest BCUT2D eigenvalue weighted by atomic mass is 32.1. The van der Waals surface area contributed by atoms with Crippen LogP contribution < -0.4 is 0 Å². The van der Waals surface area contributed by atoms with Gasteiger partial charge in [-0.2, -0.15) is 0 Å². The van der Waals surface area contributed by atoms with Crippen LogP contribution >= 0.6 is 22.7 Å². The molecule has 0 amide bonds. The Kier molecular flexibility index (Phi) is 3.85. The molecule has 0 aliphatic heterocycles. The predicted octanol–water partition coefficient (Wildman–Crippen LogP) is 7.34. The molecular weight excluding hydrogens is 432 g/mol. The second-order valence-electron chi connectivity index (χ2n) is 7.61. The van der Waals surface area contributed by atoms with Crippen molar-refractivity contribution in [3.63, 3.8) is 0 Å². The second kappa shape index (κ2) is 6.88. The van der Waals surface area contributed by atoms with Crippen molar-refractivity contribution in [1.29, 1.82) is 0 Å². The largest absolute Gasteiger partial charge is 0.253 e. The summed E-state index contributed by atoms with van der Waals surface area (Å²) in [5.41, 5.74) is 6.01. The molecular formula is C26H14N4S2. The zero-order chi connectivity index (χ0) is 21.1. The third-order valence-corrected chi connectivity index (χ3v) is 7.95. The normalized spacial score (nSPS) is 11.8. The third-order valence-electron chi connectivity index (χ3n) is 5.68. The van der Waals surface area contributed by atoms with Crippen molar-refractivity contribution in [2.24, 2.45) is 0 Å². The molecule has 0 unspecified atom stereocenters. The third kappa shape index (κ3) is 2.74. The van der Waals surface area contributed by atoms with E-state index in [0.29, 0.717) is 0 Å².